The highest BCUT2D eigenvalue weighted by molar-refractivity contribution is 6.30. The molecule has 0 aliphatic rings. The first-order valence-corrected chi connectivity index (χ1v) is 5.16. The van der Waals surface area contributed by atoms with E-state index in [0.717, 1.165) is 0 Å². The Hall–Kier alpha value is -1.13. The van der Waals surface area contributed by atoms with Gasteiger partial charge in [0, 0.05) is 11.6 Å². The fraction of sp³-hybridized carbons (Fsp3) is 0.364. The molecule has 3 nitrogen and oxygen atoms in total. The molecule has 0 saturated carbocycles. The maximum absolute atomic E-state index is 13.6. The van der Waals surface area contributed by atoms with Gasteiger partial charge in [-0.15, -0.1) is 0 Å². The maximum Gasteiger partial charge on any atom is 0.318 e. The summed E-state index contributed by atoms with van der Waals surface area (Å²) in [5, 5.41) is 9.63. The van der Waals surface area contributed by atoms with Crippen molar-refractivity contribution in [2.24, 2.45) is 5.73 Å². The van der Waals surface area contributed by atoms with Crippen LogP contribution in [0.1, 0.15) is 12.5 Å². The van der Waals surface area contributed by atoms with E-state index in [-0.39, 0.29) is 6.54 Å². The molecule has 0 aliphatic carbocycles. The van der Waals surface area contributed by atoms with Crippen LogP contribution in [0, 0.1) is 0 Å². The Morgan fingerprint density at radius 2 is 2.06 bits per heavy atom. The van der Waals surface area contributed by atoms with Crippen LogP contribution in [-0.2, 0) is 10.2 Å². The molecule has 2 atom stereocenters. The fourth-order valence-corrected chi connectivity index (χ4v) is 1.76. The lowest BCUT2D eigenvalue weighted by Crippen LogP contribution is -2.49. The van der Waals surface area contributed by atoms with Gasteiger partial charge in [-0.3, -0.25) is 4.79 Å². The van der Waals surface area contributed by atoms with E-state index in [4.69, 9.17) is 22.4 Å². The quantitative estimate of drug-likeness (QED) is 0.853. The van der Waals surface area contributed by atoms with E-state index in [9.17, 15) is 9.18 Å². The van der Waals surface area contributed by atoms with Crippen LogP contribution in [0.3, 0.4) is 0 Å². The van der Waals surface area contributed by atoms with E-state index >= 15 is 0 Å². The van der Waals surface area contributed by atoms with Crippen LogP contribution in [0.5, 0.6) is 0 Å². The summed E-state index contributed by atoms with van der Waals surface area (Å²) in [6.45, 7) is 0.886. The number of hydrogen-bond acceptors (Lipinski definition) is 2. The van der Waals surface area contributed by atoms with Gasteiger partial charge >= 0.3 is 5.97 Å². The van der Waals surface area contributed by atoms with Crippen LogP contribution in [-0.4, -0.2) is 23.8 Å². The van der Waals surface area contributed by atoms with Crippen molar-refractivity contribution in [1.29, 1.82) is 0 Å². The second kappa shape index (κ2) is 4.80. The molecule has 5 heteroatoms. The molecular formula is C11H13ClFNO2. The van der Waals surface area contributed by atoms with E-state index in [1.807, 2.05) is 0 Å². The van der Waals surface area contributed by atoms with Crippen LogP contribution in [0.15, 0.2) is 24.3 Å². The van der Waals surface area contributed by atoms with Crippen LogP contribution in [0.25, 0.3) is 0 Å². The molecule has 0 bridgehead atoms. The van der Waals surface area contributed by atoms with E-state index in [1.165, 1.54) is 31.2 Å². The van der Waals surface area contributed by atoms with Gasteiger partial charge in [-0.1, -0.05) is 23.7 Å². The summed E-state index contributed by atoms with van der Waals surface area (Å²) in [6.07, 6.45) is -1.59. The van der Waals surface area contributed by atoms with Gasteiger partial charge in [0.1, 0.15) is 11.6 Å². The van der Waals surface area contributed by atoms with Crippen LogP contribution < -0.4 is 5.73 Å². The monoisotopic (exact) mass is 245 g/mol. The van der Waals surface area contributed by atoms with Gasteiger partial charge < -0.3 is 10.8 Å². The molecule has 0 amide bonds. The lowest BCUT2D eigenvalue weighted by Gasteiger charge is -2.29. The number of carboxylic acid groups (broad SMARTS) is 1. The molecule has 0 heterocycles. The fourth-order valence-electron chi connectivity index (χ4n) is 1.64. The van der Waals surface area contributed by atoms with Gasteiger partial charge in [0.15, 0.2) is 0 Å². The summed E-state index contributed by atoms with van der Waals surface area (Å²) in [4.78, 5) is 11.2. The smallest absolute Gasteiger partial charge is 0.318 e. The summed E-state index contributed by atoms with van der Waals surface area (Å²) in [5.74, 6) is -1.27. The van der Waals surface area contributed by atoms with Crippen molar-refractivity contribution < 1.29 is 14.3 Å². The van der Waals surface area contributed by atoms with Gasteiger partial charge in [0.2, 0.25) is 0 Å². The molecule has 88 valence electrons. The lowest BCUT2D eigenvalue weighted by atomic mass is 9.77. The zero-order valence-electron chi connectivity index (χ0n) is 8.78. The van der Waals surface area contributed by atoms with E-state index in [2.05, 4.69) is 0 Å². The van der Waals surface area contributed by atoms with E-state index < -0.39 is 17.6 Å². The average Bonchev–Trinajstić information content (AvgIpc) is 2.21. The Morgan fingerprint density at radius 1 is 1.56 bits per heavy atom. The summed E-state index contributed by atoms with van der Waals surface area (Å²) < 4.78 is 13.6. The minimum Gasteiger partial charge on any atom is -0.480 e. The third-order valence-electron chi connectivity index (χ3n) is 2.74. The van der Waals surface area contributed by atoms with Crippen LogP contribution in [0.2, 0.25) is 5.02 Å². The van der Waals surface area contributed by atoms with Crippen molar-refractivity contribution >= 4 is 17.6 Å². The molecule has 1 rings (SSSR count). The van der Waals surface area contributed by atoms with Gasteiger partial charge in [-0.25, -0.2) is 4.39 Å². The lowest BCUT2D eigenvalue weighted by molar-refractivity contribution is -0.146. The highest BCUT2D eigenvalue weighted by Gasteiger charge is 2.45. The molecular weight excluding hydrogens is 233 g/mol. The molecule has 0 radical (unpaired) electrons. The Labute approximate surface area is 98.0 Å². The Bertz CT molecular complexity index is 380. The number of halogens is 2. The maximum atomic E-state index is 13.6. The van der Waals surface area contributed by atoms with Crippen molar-refractivity contribution in [2.75, 3.05) is 6.54 Å². The predicted molar refractivity (Wildman–Crippen MR) is 60.4 cm³/mol. The predicted octanol–water partition coefficient (Wildman–Crippen LogP) is 1.98. The molecule has 0 aliphatic heterocycles. The standard InChI is InChI=1S/C11H13ClFNO2/c1-7(13)11(6-14,10(15)16)8-2-4-9(12)5-3-8/h2-5,7H,6,14H2,1H3,(H,15,16). The molecule has 16 heavy (non-hydrogen) atoms. The van der Waals surface area contributed by atoms with Crippen molar-refractivity contribution in [3.63, 3.8) is 0 Å². The molecule has 0 aromatic heterocycles. The molecule has 0 spiro atoms. The van der Waals surface area contributed by atoms with Crippen LogP contribution in [0.4, 0.5) is 4.39 Å². The molecule has 0 saturated heterocycles. The third-order valence-corrected chi connectivity index (χ3v) is 2.99. The van der Waals surface area contributed by atoms with Gasteiger partial charge in [-0.2, -0.15) is 0 Å². The van der Waals surface area contributed by atoms with Crippen molar-refractivity contribution in [1.82, 2.24) is 0 Å². The summed E-state index contributed by atoms with van der Waals surface area (Å²) in [5.41, 5.74) is 4.04. The normalized spacial score (nSPS) is 16.5. The summed E-state index contributed by atoms with van der Waals surface area (Å²) in [6, 6.07) is 6.01. The molecule has 3 N–H and O–H groups in total. The second-order valence-corrected chi connectivity index (χ2v) is 4.04. The van der Waals surface area contributed by atoms with Crippen molar-refractivity contribution in [3.8, 4) is 0 Å². The van der Waals surface area contributed by atoms with Gasteiger partial charge in [0.25, 0.3) is 0 Å². The molecule has 1 aromatic carbocycles. The largest absolute Gasteiger partial charge is 0.480 e. The topological polar surface area (TPSA) is 63.3 Å². The molecule has 2 unspecified atom stereocenters. The Kier molecular flexibility index (Phi) is 3.88. The number of alkyl halides is 1. The Morgan fingerprint density at radius 3 is 2.38 bits per heavy atom. The zero-order valence-corrected chi connectivity index (χ0v) is 9.54. The first-order valence-electron chi connectivity index (χ1n) is 4.78. The number of nitrogens with two attached hydrogens (primary N) is 1. The van der Waals surface area contributed by atoms with E-state index in [0.29, 0.717) is 10.6 Å². The first-order chi connectivity index (χ1) is 7.45. The summed E-state index contributed by atoms with van der Waals surface area (Å²) >= 11 is 5.69. The average molecular weight is 246 g/mol. The van der Waals surface area contributed by atoms with Crippen LogP contribution >= 0.6 is 11.6 Å². The summed E-state index contributed by atoms with van der Waals surface area (Å²) in [7, 11) is 0. The number of carbonyl (C=O) groups is 1. The second-order valence-electron chi connectivity index (χ2n) is 3.60. The zero-order chi connectivity index (χ0) is 12.3. The minimum absolute atomic E-state index is 0.304. The minimum atomic E-state index is -1.70. The number of hydrogen-bond donors (Lipinski definition) is 2. The van der Waals surface area contributed by atoms with Gasteiger partial charge in [-0.05, 0) is 24.6 Å². The van der Waals surface area contributed by atoms with Crippen molar-refractivity contribution in [2.45, 2.75) is 18.5 Å². The SMILES string of the molecule is CC(F)C(CN)(C(=O)O)c1ccc(Cl)cc1. The Balaban J connectivity index is 3.30. The van der Waals surface area contributed by atoms with Gasteiger partial charge in [0.05, 0.1) is 0 Å². The molecule has 0 fully saturated rings. The number of carboxylic acids is 1. The third kappa shape index (κ3) is 2.03. The molecule has 1 aromatic rings. The number of rotatable bonds is 4. The number of benzene rings is 1. The first kappa shape index (κ1) is 12.9. The highest BCUT2D eigenvalue weighted by atomic mass is 35.5. The van der Waals surface area contributed by atoms with E-state index in [1.54, 1.807) is 0 Å². The van der Waals surface area contributed by atoms with Crippen molar-refractivity contribution in [3.05, 3.63) is 34.9 Å². The highest BCUT2D eigenvalue weighted by Crippen LogP contribution is 2.30. The number of aliphatic carboxylic acids is 1.